The molecule has 24 heteroatoms. The van der Waals surface area contributed by atoms with Gasteiger partial charge < -0.3 is 0 Å². The van der Waals surface area contributed by atoms with Gasteiger partial charge in [-0.15, -0.1) is 0 Å². The minimum atomic E-state index is -4.12. The van der Waals surface area contributed by atoms with Crippen LogP contribution in [0.1, 0.15) is 47.8 Å². The first-order chi connectivity index (χ1) is 38.4. The fraction of sp³-hybridized carbons (Fsp3) is 0. The monoisotopic (exact) mass is 1350 g/mol. The number of rotatable bonds is 16. The van der Waals surface area contributed by atoms with Gasteiger partial charge in [-0.3, -0.25) is 38.7 Å². The smallest absolute Gasteiger partial charge is 0.269 e. The minimum absolute atomic E-state index is 0.00216. The highest BCUT2D eigenvalue weighted by molar-refractivity contribution is 14.1. The summed E-state index contributed by atoms with van der Waals surface area (Å²) in [5, 5.41) is 12.3. The summed E-state index contributed by atoms with van der Waals surface area (Å²) < 4.78 is 84.1. The van der Waals surface area contributed by atoms with Gasteiger partial charge in [0.1, 0.15) is 0 Å². The molecule has 0 radical (unpaired) electrons. The first-order valence-corrected chi connectivity index (χ1v) is 30.6. The highest BCUT2D eigenvalue weighted by atomic mass is 127. The quantitative estimate of drug-likeness (QED) is 0.0356. The van der Waals surface area contributed by atoms with Gasteiger partial charge in [-0.05, 0) is 150 Å². The second-order valence-electron chi connectivity index (χ2n) is 16.7. The number of carbonyl (C=O) groups excluding carboxylic acids is 3. The Morgan fingerprint density at radius 2 is 0.704 bits per heavy atom. The number of anilines is 3. The molecular formula is C57H38Cl5IN4O11S3. The number of sulfonamides is 3. The average molecular weight is 1360 g/mol. The molecule has 0 fully saturated rings. The molecule has 0 atom stereocenters. The van der Waals surface area contributed by atoms with Crippen LogP contribution in [0.25, 0.3) is 0 Å². The SMILES string of the molecule is O=C(c1ccccc1)c1cc(Cl)ccc1NS(=O)(=O)c1ccc(Cl)cc1.O=C(c1ccccc1)c1cc(Cl)ccc1NS(=O)(=O)c1ccc(I)cc1.O=C(c1ccccc1Cl)c1cc(Cl)ccc1NS(=O)(=O)c1ccc([N+](=O)[O-])cc1. The Kier molecular flexibility index (Phi) is 20.5. The summed E-state index contributed by atoms with van der Waals surface area (Å²) in [6.45, 7) is 0. The lowest BCUT2D eigenvalue weighted by Crippen LogP contribution is -2.16. The van der Waals surface area contributed by atoms with Gasteiger partial charge in [-0.25, -0.2) is 25.3 Å². The van der Waals surface area contributed by atoms with Crippen molar-refractivity contribution >= 4 is 151 Å². The van der Waals surface area contributed by atoms with E-state index in [0.717, 1.165) is 27.8 Å². The summed E-state index contributed by atoms with van der Waals surface area (Å²) >= 11 is 32.0. The Hall–Kier alpha value is -7.18. The first kappa shape index (κ1) is 61.4. The van der Waals surface area contributed by atoms with Crippen molar-refractivity contribution in [3.05, 3.63) is 285 Å². The Morgan fingerprint density at radius 3 is 1.07 bits per heavy atom. The molecule has 412 valence electrons. The summed E-state index contributed by atoms with van der Waals surface area (Å²) in [4.78, 5) is 48.6. The molecule has 0 spiro atoms. The van der Waals surface area contributed by atoms with Gasteiger partial charge >= 0.3 is 0 Å². The molecule has 15 nitrogen and oxygen atoms in total. The molecule has 0 saturated carbocycles. The van der Waals surface area contributed by atoms with Crippen LogP contribution in [0.4, 0.5) is 22.7 Å². The fourth-order valence-electron chi connectivity index (χ4n) is 7.25. The number of non-ortho nitro benzene ring substituents is 1. The van der Waals surface area contributed by atoms with Gasteiger partial charge in [0, 0.05) is 69.2 Å². The largest absolute Gasteiger partial charge is 0.289 e. The molecule has 9 aromatic carbocycles. The number of benzene rings is 9. The van der Waals surface area contributed by atoms with E-state index in [1.54, 1.807) is 91.0 Å². The summed E-state index contributed by atoms with van der Waals surface area (Å²) in [5.74, 6) is -1.16. The molecule has 0 aromatic heterocycles. The van der Waals surface area contributed by atoms with E-state index in [1.807, 2.05) is 0 Å². The summed E-state index contributed by atoms with van der Waals surface area (Å²) in [7, 11) is -11.8. The van der Waals surface area contributed by atoms with Crippen LogP contribution < -0.4 is 14.2 Å². The number of nitro groups is 1. The first-order valence-electron chi connectivity index (χ1n) is 23.1. The molecule has 0 aliphatic heterocycles. The fourth-order valence-corrected chi connectivity index (χ4v) is 11.7. The third-order valence-electron chi connectivity index (χ3n) is 11.2. The molecule has 0 amide bonds. The zero-order valence-electron chi connectivity index (χ0n) is 41.1. The second kappa shape index (κ2) is 27.1. The van der Waals surface area contributed by atoms with Crippen molar-refractivity contribution in [1.82, 2.24) is 0 Å². The van der Waals surface area contributed by atoms with E-state index in [0.29, 0.717) is 26.2 Å². The molecule has 0 aliphatic carbocycles. The van der Waals surface area contributed by atoms with E-state index in [2.05, 4.69) is 36.8 Å². The van der Waals surface area contributed by atoms with Crippen molar-refractivity contribution in [2.45, 2.75) is 14.7 Å². The number of nitrogens with zero attached hydrogens (tertiary/aromatic N) is 1. The van der Waals surface area contributed by atoms with Crippen molar-refractivity contribution < 1.29 is 44.6 Å². The topological polar surface area (TPSA) is 233 Å². The molecule has 0 bridgehead atoms. The predicted octanol–water partition coefficient (Wildman–Crippen LogP) is 14.9. The van der Waals surface area contributed by atoms with E-state index in [4.69, 9.17) is 58.0 Å². The van der Waals surface area contributed by atoms with Gasteiger partial charge in [0.2, 0.25) is 0 Å². The van der Waals surface area contributed by atoms with Crippen LogP contribution >= 0.6 is 80.6 Å². The Morgan fingerprint density at radius 1 is 0.383 bits per heavy atom. The van der Waals surface area contributed by atoms with Crippen LogP contribution in [0, 0.1) is 13.7 Å². The number of hydrogen-bond donors (Lipinski definition) is 3. The van der Waals surface area contributed by atoms with Crippen molar-refractivity contribution in [3.8, 4) is 0 Å². The number of ketones is 3. The molecule has 0 heterocycles. The van der Waals surface area contributed by atoms with E-state index < -0.39 is 40.8 Å². The van der Waals surface area contributed by atoms with Crippen molar-refractivity contribution in [1.29, 1.82) is 0 Å². The molecule has 9 aromatic rings. The maximum Gasteiger partial charge on any atom is 0.269 e. The van der Waals surface area contributed by atoms with Gasteiger partial charge in [0.25, 0.3) is 35.8 Å². The maximum atomic E-state index is 12.9. The van der Waals surface area contributed by atoms with Gasteiger partial charge in [0.05, 0.1) is 41.7 Å². The molecule has 9 rings (SSSR count). The lowest BCUT2D eigenvalue weighted by molar-refractivity contribution is -0.384. The average Bonchev–Trinajstić information content (AvgIpc) is 3.45. The molecule has 3 N–H and O–H groups in total. The predicted molar refractivity (Wildman–Crippen MR) is 325 cm³/mol. The summed E-state index contributed by atoms with van der Waals surface area (Å²) in [6, 6.07) is 53.1. The second-order valence-corrected chi connectivity index (χ2v) is 25.2. The highest BCUT2D eigenvalue weighted by Crippen LogP contribution is 2.31. The van der Waals surface area contributed by atoms with Crippen molar-refractivity contribution in [3.63, 3.8) is 0 Å². The molecule has 0 aliphatic rings. The number of carbonyl (C=O) groups is 3. The van der Waals surface area contributed by atoms with Gasteiger partial charge in [-0.1, -0.05) is 131 Å². The standard InChI is InChI=1S/C19H12Cl2N2O5S.C19H13Cl2NO3S.C19H13ClINO3S/c20-12-5-10-18(16(11-12)19(24)15-3-1-2-4-17(15)21)22-29(27,28)14-8-6-13(7-9-14)23(25)26;20-14-6-9-16(10-7-14)26(24,25)22-18-11-8-15(21)12-17(18)19(23)13-4-2-1-3-5-13;20-14-6-11-18(17(12-14)19(23)13-4-2-1-3-5-13)22-26(24,25)16-9-7-15(21)8-10-16/h1-11,22H;2*1-12,22H. The van der Waals surface area contributed by atoms with Crippen LogP contribution in [-0.2, 0) is 30.1 Å². The molecule has 81 heavy (non-hydrogen) atoms. The third kappa shape index (κ3) is 16.3. The van der Waals surface area contributed by atoms with E-state index in [-0.39, 0.29) is 81.3 Å². The third-order valence-corrected chi connectivity index (χ3v) is 17.4. The van der Waals surface area contributed by atoms with E-state index >= 15 is 0 Å². The number of halogens is 6. The Bertz CT molecular complexity index is 4000. The van der Waals surface area contributed by atoms with Crippen LogP contribution in [0.3, 0.4) is 0 Å². The van der Waals surface area contributed by atoms with E-state index in [1.165, 1.54) is 97.1 Å². The molecule has 0 saturated heterocycles. The lowest BCUT2D eigenvalue weighted by atomic mass is 10.0. The zero-order chi connectivity index (χ0) is 58.6. The molecule has 0 unspecified atom stereocenters. The van der Waals surface area contributed by atoms with Crippen LogP contribution in [0.5, 0.6) is 0 Å². The Balaban J connectivity index is 0.000000176. The minimum Gasteiger partial charge on any atom is -0.289 e. The van der Waals surface area contributed by atoms with Gasteiger partial charge in [-0.2, -0.15) is 0 Å². The van der Waals surface area contributed by atoms with Crippen LogP contribution in [0.2, 0.25) is 25.1 Å². The van der Waals surface area contributed by atoms with Crippen molar-refractivity contribution in [2.24, 2.45) is 0 Å². The maximum absolute atomic E-state index is 12.9. The van der Waals surface area contributed by atoms with Crippen molar-refractivity contribution in [2.75, 3.05) is 14.2 Å². The van der Waals surface area contributed by atoms with E-state index in [9.17, 15) is 49.8 Å². The Labute approximate surface area is 504 Å². The lowest BCUT2D eigenvalue weighted by Gasteiger charge is -2.13. The molecular weight excluding hydrogens is 1320 g/mol. The summed E-state index contributed by atoms with van der Waals surface area (Å²) in [5.41, 5.74) is 1.52. The number of nitro benzene ring substituents is 1. The van der Waals surface area contributed by atoms with Crippen LogP contribution in [0.15, 0.2) is 227 Å². The summed E-state index contributed by atoms with van der Waals surface area (Å²) in [6.07, 6.45) is 0. The normalized spacial score (nSPS) is 11.1. The number of hydrogen-bond acceptors (Lipinski definition) is 11. The highest BCUT2D eigenvalue weighted by Gasteiger charge is 2.24. The van der Waals surface area contributed by atoms with Crippen LogP contribution in [-0.4, -0.2) is 47.5 Å². The van der Waals surface area contributed by atoms with Gasteiger partial charge in [0.15, 0.2) is 17.3 Å². The zero-order valence-corrected chi connectivity index (χ0v) is 49.5. The number of nitrogens with one attached hydrogen (secondary N) is 3.